The summed E-state index contributed by atoms with van der Waals surface area (Å²) in [5, 5.41) is 0.932. The van der Waals surface area contributed by atoms with Crippen molar-refractivity contribution in [3.05, 3.63) is 34.3 Å². The Morgan fingerprint density at radius 2 is 1.88 bits per heavy atom. The zero-order chi connectivity index (χ0) is 12.3. The highest BCUT2D eigenvalue weighted by molar-refractivity contribution is 6.31. The molecule has 1 saturated heterocycles. The fourth-order valence-corrected chi connectivity index (χ4v) is 2.66. The van der Waals surface area contributed by atoms with Crippen LogP contribution in [0.5, 0.6) is 0 Å². The first-order valence-electron chi connectivity index (χ1n) is 6.67. The molecule has 1 fully saturated rings. The third-order valence-electron chi connectivity index (χ3n) is 3.59. The molecule has 2 rings (SSSR count). The van der Waals surface area contributed by atoms with E-state index in [0.29, 0.717) is 5.92 Å². The van der Waals surface area contributed by atoms with Gasteiger partial charge in [-0.2, -0.15) is 0 Å². The monoisotopic (exact) mass is 251 g/mol. The van der Waals surface area contributed by atoms with E-state index in [1.54, 1.807) is 0 Å². The predicted molar refractivity (Wildman–Crippen MR) is 74.7 cm³/mol. The Morgan fingerprint density at radius 1 is 1.18 bits per heavy atom. The van der Waals surface area contributed by atoms with Crippen molar-refractivity contribution in [3.8, 4) is 0 Å². The van der Waals surface area contributed by atoms with Gasteiger partial charge in [0.1, 0.15) is 0 Å². The maximum absolute atomic E-state index is 6.37. The molecule has 0 spiro atoms. The van der Waals surface area contributed by atoms with E-state index < -0.39 is 0 Å². The van der Waals surface area contributed by atoms with Gasteiger partial charge >= 0.3 is 0 Å². The summed E-state index contributed by atoms with van der Waals surface area (Å²) in [6.45, 7) is 7.87. The van der Waals surface area contributed by atoms with Crippen LogP contribution in [0.3, 0.4) is 0 Å². The van der Waals surface area contributed by atoms with E-state index in [9.17, 15) is 0 Å². The summed E-state index contributed by atoms with van der Waals surface area (Å²) in [6, 6.07) is 6.55. The Hall–Kier alpha value is -0.530. The Balaban J connectivity index is 2.05. The van der Waals surface area contributed by atoms with Gasteiger partial charge in [0.2, 0.25) is 0 Å². The molecule has 0 radical (unpaired) electrons. The van der Waals surface area contributed by atoms with Gasteiger partial charge in [-0.25, -0.2) is 0 Å². The van der Waals surface area contributed by atoms with Crippen LogP contribution in [-0.4, -0.2) is 18.0 Å². The van der Waals surface area contributed by atoms with Gasteiger partial charge < -0.3 is 0 Å². The zero-order valence-electron chi connectivity index (χ0n) is 10.9. The first-order chi connectivity index (χ1) is 8.16. The molecule has 0 amide bonds. The number of piperidine rings is 1. The zero-order valence-corrected chi connectivity index (χ0v) is 11.6. The standard InChI is InChI=1S/C15H22ClN/c1-12(2)13-6-7-14(15(16)10-13)11-17-8-4-3-5-9-17/h6-7,10,12H,3-5,8-9,11H2,1-2H3. The number of hydrogen-bond acceptors (Lipinski definition) is 1. The molecule has 0 N–H and O–H groups in total. The number of benzene rings is 1. The normalized spacial score (nSPS) is 17.6. The third kappa shape index (κ3) is 3.46. The number of likely N-dealkylation sites (tertiary alicyclic amines) is 1. The minimum Gasteiger partial charge on any atom is -0.299 e. The molecule has 17 heavy (non-hydrogen) atoms. The summed E-state index contributed by atoms with van der Waals surface area (Å²) in [7, 11) is 0. The van der Waals surface area contributed by atoms with Crippen LogP contribution in [0.25, 0.3) is 0 Å². The topological polar surface area (TPSA) is 3.24 Å². The summed E-state index contributed by atoms with van der Waals surface area (Å²) in [5.74, 6) is 0.552. The van der Waals surface area contributed by atoms with E-state index in [2.05, 4.69) is 36.9 Å². The van der Waals surface area contributed by atoms with Gasteiger partial charge in [-0.15, -0.1) is 0 Å². The van der Waals surface area contributed by atoms with Gasteiger partial charge in [0, 0.05) is 11.6 Å². The first-order valence-corrected chi connectivity index (χ1v) is 7.05. The van der Waals surface area contributed by atoms with Crippen LogP contribution in [0.15, 0.2) is 18.2 Å². The minimum atomic E-state index is 0.552. The molecule has 0 aliphatic carbocycles. The van der Waals surface area contributed by atoms with Gasteiger partial charge in [-0.1, -0.05) is 44.0 Å². The van der Waals surface area contributed by atoms with E-state index in [-0.39, 0.29) is 0 Å². The molecule has 1 aromatic rings. The molecule has 1 heterocycles. The molecule has 1 aliphatic heterocycles. The predicted octanol–water partition coefficient (Wildman–Crippen LogP) is 4.45. The van der Waals surface area contributed by atoms with Crippen molar-refractivity contribution in [1.82, 2.24) is 4.90 Å². The highest BCUT2D eigenvalue weighted by Gasteiger charge is 2.12. The fourth-order valence-electron chi connectivity index (χ4n) is 2.41. The second-order valence-corrected chi connectivity index (χ2v) is 5.75. The average molecular weight is 252 g/mol. The van der Waals surface area contributed by atoms with Crippen molar-refractivity contribution >= 4 is 11.6 Å². The van der Waals surface area contributed by atoms with Crippen LogP contribution in [-0.2, 0) is 6.54 Å². The molecule has 0 unspecified atom stereocenters. The van der Waals surface area contributed by atoms with Crippen LogP contribution >= 0.6 is 11.6 Å². The van der Waals surface area contributed by atoms with Gasteiger partial charge in [-0.05, 0) is 49.0 Å². The van der Waals surface area contributed by atoms with E-state index in [1.807, 2.05) is 0 Å². The largest absolute Gasteiger partial charge is 0.299 e. The SMILES string of the molecule is CC(C)c1ccc(CN2CCCCC2)c(Cl)c1. The smallest absolute Gasteiger partial charge is 0.0453 e. The van der Waals surface area contributed by atoms with Gasteiger partial charge in [0.05, 0.1) is 0 Å². The maximum atomic E-state index is 6.37. The fraction of sp³-hybridized carbons (Fsp3) is 0.600. The van der Waals surface area contributed by atoms with Crippen molar-refractivity contribution in [2.75, 3.05) is 13.1 Å². The molecule has 2 heteroatoms. The lowest BCUT2D eigenvalue weighted by molar-refractivity contribution is 0.221. The van der Waals surface area contributed by atoms with E-state index in [4.69, 9.17) is 11.6 Å². The summed E-state index contributed by atoms with van der Waals surface area (Å²) in [4.78, 5) is 2.51. The van der Waals surface area contributed by atoms with Crippen LogP contribution < -0.4 is 0 Å². The Morgan fingerprint density at radius 3 is 2.47 bits per heavy atom. The summed E-state index contributed by atoms with van der Waals surface area (Å²) >= 11 is 6.37. The highest BCUT2D eigenvalue weighted by atomic mass is 35.5. The van der Waals surface area contributed by atoms with E-state index in [1.165, 1.54) is 43.5 Å². The Kier molecular flexibility index (Phi) is 4.47. The summed E-state index contributed by atoms with van der Waals surface area (Å²) in [6.07, 6.45) is 4.06. The van der Waals surface area contributed by atoms with E-state index >= 15 is 0 Å². The molecule has 1 nitrogen and oxygen atoms in total. The average Bonchev–Trinajstić information content (AvgIpc) is 2.33. The van der Waals surface area contributed by atoms with Crippen molar-refractivity contribution in [3.63, 3.8) is 0 Å². The van der Waals surface area contributed by atoms with Gasteiger partial charge in [0.25, 0.3) is 0 Å². The van der Waals surface area contributed by atoms with Crippen molar-refractivity contribution in [1.29, 1.82) is 0 Å². The van der Waals surface area contributed by atoms with Crippen molar-refractivity contribution in [2.45, 2.75) is 45.6 Å². The second-order valence-electron chi connectivity index (χ2n) is 5.34. The summed E-state index contributed by atoms with van der Waals surface area (Å²) < 4.78 is 0. The molecule has 0 saturated carbocycles. The maximum Gasteiger partial charge on any atom is 0.0453 e. The van der Waals surface area contributed by atoms with E-state index in [0.717, 1.165) is 11.6 Å². The molecule has 0 aromatic heterocycles. The lowest BCUT2D eigenvalue weighted by Gasteiger charge is -2.26. The molecule has 1 aromatic carbocycles. The highest BCUT2D eigenvalue weighted by Crippen LogP contribution is 2.24. The molecule has 0 bridgehead atoms. The van der Waals surface area contributed by atoms with Crippen LogP contribution in [0, 0.1) is 0 Å². The van der Waals surface area contributed by atoms with Crippen LogP contribution in [0.2, 0.25) is 5.02 Å². The lowest BCUT2D eigenvalue weighted by Crippen LogP contribution is -2.29. The number of nitrogens with zero attached hydrogens (tertiary/aromatic N) is 1. The quantitative estimate of drug-likeness (QED) is 0.767. The minimum absolute atomic E-state index is 0.552. The lowest BCUT2D eigenvalue weighted by atomic mass is 10.0. The Bertz CT molecular complexity index is 367. The van der Waals surface area contributed by atoms with Crippen molar-refractivity contribution in [2.24, 2.45) is 0 Å². The third-order valence-corrected chi connectivity index (χ3v) is 3.94. The van der Waals surface area contributed by atoms with Gasteiger partial charge in [0.15, 0.2) is 0 Å². The molecule has 94 valence electrons. The first kappa shape index (κ1) is 12.9. The molecular formula is C15H22ClN. The molecular weight excluding hydrogens is 230 g/mol. The van der Waals surface area contributed by atoms with Gasteiger partial charge in [-0.3, -0.25) is 4.90 Å². The van der Waals surface area contributed by atoms with Crippen LogP contribution in [0.4, 0.5) is 0 Å². The molecule has 1 aliphatic rings. The second kappa shape index (κ2) is 5.88. The summed E-state index contributed by atoms with van der Waals surface area (Å²) in [5.41, 5.74) is 2.61. The number of halogens is 1. The van der Waals surface area contributed by atoms with Crippen LogP contribution in [0.1, 0.15) is 50.2 Å². The number of rotatable bonds is 3. The number of hydrogen-bond donors (Lipinski definition) is 0. The molecule has 0 atom stereocenters. The Labute approximate surface area is 110 Å². The van der Waals surface area contributed by atoms with Crippen molar-refractivity contribution < 1.29 is 0 Å².